The van der Waals surface area contributed by atoms with Crippen LogP contribution in [0.5, 0.6) is 0 Å². The highest BCUT2D eigenvalue weighted by Gasteiger charge is 2.28. The van der Waals surface area contributed by atoms with Gasteiger partial charge in [-0.05, 0) is 6.92 Å². The van der Waals surface area contributed by atoms with Gasteiger partial charge in [0.15, 0.2) is 11.4 Å². The van der Waals surface area contributed by atoms with Crippen LogP contribution in [-0.2, 0) is 28.0 Å². The Kier molecular flexibility index (Phi) is 6.36. The molecule has 3 aromatic rings. The molecule has 0 radical (unpaired) electrons. The molecule has 1 N–H and O–H groups in total. The van der Waals surface area contributed by atoms with Crippen molar-refractivity contribution >= 4 is 26.8 Å². The first-order valence-corrected chi connectivity index (χ1v) is 12.3. The lowest BCUT2D eigenvalue weighted by molar-refractivity contribution is 0.0255. The van der Waals surface area contributed by atoms with Gasteiger partial charge in [0.05, 0.1) is 12.4 Å². The lowest BCUT2D eigenvalue weighted by Crippen LogP contribution is -2.34. The Morgan fingerprint density at radius 1 is 1.22 bits per heavy atom. The number of nitrogens with zero attached hydrogens (tertiary/aromatic N) is 4. The summed E-state index contributed by atoms with van der Waals surface area (Å²) in [7, 11) is -2.09. The normalized spacial score (nSPS) is 17.0. The first kappa shape index (κ1) is 22.5. The van der Waals surface area contributed by atoms with Crippen molar-refractivity contribution in [1.29, 1.82) is 0 Å². The number of morpholine rings is 1. The molecule has 1 aliphatic rings. The van der Waals surface area contributed by atoms with Crippen LogP contribution < -0.4 is 5.32 Å². The minimum Gasteiger partial charge on any atom is -0.369 e. The van der Waals surface area contributed by atoms with E-state index >= 15 is 0 Å². The van der Waals surface area contributed by atoms with E-state index < -0.39 is 15.9 Å². The number of hydrogen-bond acceptors (Lipinski definition) is 8. The molecule has 1 aromatic carbocycles. The molecule has 1 fully saturated rings. The van der Waals surface area contributed by atoms with Gasteiger partial charge in [0.1, 0.15) is 23.1 Å². The number of ketones is 1. The summed E-state index contributed by atoms with van der Waals surface area (Å²) in [5.41, 5.74) is 2.98. The Morgan fingerprint density at radius 2 is 1.97 bits per heavy atom. The summed E-state index contributed by atoms with van der Waals surface area (Å²) in [4.78, 5) is 25.9. The maximum atomic E-state index is 13.1. The van der Waals surface area contributed by atoms with Crippen LogP contribution in [0, 0.1) is 6.92 Å². The average molecular weight is 458 g/mol. The molecule has 32 heavy (non-hydrogen) atoms. The second-order valence-corrected chi connectivity index (χ2v) is 9.93. The fourth-order valence-corrected chi connectivity index (χ4v) is 4.83. The summed E-state index contributed by atoms with van der Waals surface area (Å²) < 4.78 is 33.9. The second kappa shape index (κ2) is 9.05. The van der Waals surface area contributed by atoms with Crippen molar-refractivity contribution in [2.45, 2.75) is 37.9 Å². The zero-order chi connectivity index (χ0) is 22.9. The van der Waals surface area contributed by atoms with Crippen molar-refractivity contribution in [3.8, 4) is 0 Å². The second-order valence-electron chi connectivity index (χ2n) is 7.93. The summed E-state index contributed by atoms with van der Waals surface area (Å²) in [5, 5.41) is 2.94. The molecule has 1 unspecified atom stereocenters. The van der Waals surface area contributed by atoms with Crippen molar-refractivity contribution in [2.24, 2.45) is 7.05 Å². The standard InChI is InChI=1S/C22H27N5O4S/c1-4-18-24-20-19(17-13-23-10-11-31-17)25-22(26-21(20)27(18)3)32(29,30)12-9-16(28)15-7-5-14(2)6-8-15/h5-8,17,23H,4,9-13H2,1-3H3. The van der Waals surface area contributed by atoms with Crippen LogP contribution in [-0.4, -0.2) is 59.2 Å². The molecule has 170 valence electrons. The lowest BCUT2D eigenvalue weighted by atomic mass is 10.1. The van der Waals surface area contributed by atoms with Crippen LogP contribution in [0.2, 0.25) is 0 Å². The molecule has 1 atom stereocenters. The highest BCUT2D eigenvalue weighted by Crippen LogP contribution is 2.27. The maximum Gasteiger partial charge on any atom is 0.249 e. The minimum atomic E-state index is -3.90. The van der Waals surface area contributed by atoms with Crippen molar-refractivity contribution < 1.29 is 17.9 Å². The summed E-state index contributed by atoms with van der Waals surface area (Å²) in [6.07, 6.45) is 0.107. The van der Waals surface area contributed by atoms with Gasteiger partial charge in [0.25, 0.3) is 0 Å². The molecule has 1 aliphatic heterocycles. The van der Waals surface area contributed by atoms with E-state index in [0.29, 0.717) is 42.0 Å². The molecule has 3 heterocycles. The molecule has 0 bridgehead atoms. The van der Waals surface area contributed by atoms with E-state index in [1.165, 1.54) is 0 Å². The highest BCUT2D eigenvalue weighted by atomic mass is 32.2. The molecule has 0 spiro atoms. The number of fused-ring (bicyclic) bond motifs is 1. The number of ether oxygens (including phenoxy) is 1. The van der Waals surface area contributed by atoms with Gasteiger partial charge in [-0.25, -0.2) is 18.4 Å². The van der Waals surface area contributed by atoms with E-state index in [2.05, 4.69) is 20.3 Å². The number of sulfone groups is 1. The van der Waals surface area contributed by atoms with Gasteiger partial charge in [-0.15, -0.1) is 0 Å². The Hall–Kier alpha value is -2.69. The number of rotatable bonds is 7. The van der Waals surface area contributed by atoms with E-state index in [9.17, 15) is 13.2 Å². The van der Waals surface area contributed by atoms with Gasteiger partial charge in [-0.1, -0.05) is 36.8 Å². The largest absolute Gasteiger partial charge is 0.369 e. The number of Topliss-reactive ketones (excluding diaryl/α,β-unsaturated/α-hetero) is 1. The van der Waals surface area contributed by atoms with Crippen molar-refractivity contribution in [1.82, 2.24) is 24.8 Å². The SMILES string of the molecule is CCc1nc2c(C3CNCCO3)nc(S(=O)(=O)CCC(=O)c3ccc(C)cc3)nc2n1C. The van der Waals surface area contributed by atoms with Crippen molar-refractivity contribution in [3.05, 3.63) is 46.9 Å². The predicted molar refractivity (Wildman–Crippen MR) is 119 cm³/mol. The highest BCUT2D eigenvalue weighted by molar-refractivity contribution is 7.91. The summed E-state index contributed by atoms with van der Waals surface area (Å²) in [6, 6.07) is 7.08. The van der Waals surface area contributed by atoms with Crippen LogP contribution in [0.25, 0.3) is 11.2 Å². The zero-order valence-corrected chi connectivity index (χ0v) is 19.3. The van der Waals surface area contributed by atoms with Gasteiger partial charge < -0.3 is 14.6 Å². The predicted octanol–water partition coefficient (Wildman–Crippen LogP) is 1.94. The fraction of sp³-hybridized carbons (Fsp3) is 0.455. The van der Waals surface area contributed by atoms with Crippen LogP contribution in [0.3, 0.4) is 0 Å². The third kappa shape index (κ3) is 4.43. The van der Waals surface area contributed by atoms with Crippen LogP contribution in [0.4, 0.5) is 0 Å². The molecule has 0 amide bonds. The van der Waals surface area contributed by atoms with Gasteiger partial charge >= 0.3 is 0 Å². The Bertz CT molecular complexity index is 1250. The third-order valence-corrected chi connectivity index (χ3v) is 7.10. The maximum absolute atomic E-state index is 13.1. The fourth-order valence-electron chi connectivity index (χ4n) is 3.73. The smallest absolute Gasteiger partial charge is 0.249 e. The number of carbonyl (C=O) groups excluding carboxylic acids is 1. The van der Waals surface area contributed by atoms with Gasteiger partial charge in [-0.2, -0.15) is 4.98 Å². The van der Waals surface area contributed by atoms with Gasteiger partial charge in [0.2, 0.25) is 15.0 Å². The molecule has 9 nitrogen and oxygen atoms in total. The summed E-state index contributed by atoms with van der Waals surface area (Å²) in [6.45, 7) is 5.63. The third-order valence-electron chi connectivity index (χ3n) is 5.62. The first-order valence-electron chi connectivity index (χ1n) is 10.7. The topological polar surface area (TPSA) is 116 Å². The number of aromatic nitrogens is 4. The molecule has 1 saturated heterocycles. The number of nitrogens with one attached hydrogen (secondary N) is 1. The van der Waals surface area contributed by atoms with Crippen LogP contribution >= 0.6 is 0 Å². The molecule has 4 rings (SSSR count). The Morgan fingerprint density at radius 3 is 2.62 bits per heavy atom. The Balaban J connectivity index is 1.68. The quantitative estimate of drug-likeness (QED) is 0.423. The zero-order valence-electron chi connectivity index (χ0n) is 18.5. The number of imidazole rings is 1. The minimum absolute atomic E-state index is 0.144. The number of carbonyl (C=O) groups is 1. The molecule has 0 saturated carbocycles. The average Bonchev–Trinajstić information content (AvgIpc) is 3.13. The molecular weight excluding hydrogens is 430 g/mol. The number of benzene rings is 1. The summed E-state index contributed by atoms with van der Waals surface area (Å²) >= 11 is 0. The molecular formula is C22H27N5O4S. The van der Waals surface area contributed by atoms with Gasteiger partial charge in [-0.3, -0.25) is 4.79 Å². The van der Waals surface area contributed by atoms with Crippen LogP contribution in [0.15, 0.2) is 29.4 Å². The molecule has 10 heteroatoms. The van der Waals surface area contributed by atoms with E-state index in [1.807, 2.05) is 33.0 Å². The monoisotopic (exact) mass is 457 g/mol. The number of hydrogen-bond donors (Lipinski definition) is 1. The summed E-state index contributed by atoms with van der Waals surface area (Å²) in [5.74, 6) is 0.180. The lowest BCUT2D eigenvalue weighted by Gasteiger charge is -2.23. The molecule has 2 aromatic heterocycles. The molecule has 0 aliphatic carbocycles. The Labute approximate surface area is 187 Å². The first-order chi connectivity index (χ1) is 15.3. The van der Waals surface area contributed by atoms with Crippen LogP contribution in [0.1, 0.15) is 46.9 Å². The van der Waals surface area contributed by atoms with E-state index in [-0.39, 0.29) is 23.1 Å². The van der Waals surface area contributed by atoms with E-state index in [0.717, 1.165) is 17.9 Å². The number of aryl methyl sites for hydroxylation is 3. The van der Waals surface area contributed by atoms with Crippen molar-refractivity contribution in [2.75, 3.05) is 25.4 Å². The van der Waals surface area contributed by atoms with E-state index in [4.69, 9.17) is 4.74 Å². The van der Waals surface area contributed by atoms with Gasteiger partial charge in [0, 0.05) is 38.5 Å². The van der Waals surface area contributed by atoms with E-state index in [1.54, 1.807) is 16.7 Å². The van der Waals surface area contributed by atoms with Crippen molar-refractivity contribution in [3.63, 3.8) is 0 Å².